The lowest BCUT2D eigenvalue weighted by molar-refractivity contribution is -0.126. The highest BCUT2D eigenvalue weighted by Crippen LogP contribution is 2.32. The van der Waals surface area contributed by atoms with Gasteiger partial charge in [0.2, 0.25) is 5.91 Å². The fraction of sp³-hybridized carbons (Fsp3) is 0.600. The Morgan fingerprint density at radius 3 is 2.86 bits per heavy atom. The number of nitriles is 1. The highest BCUT2D eigenvalue weighted by Gasteiger charge is 2.33. The first-order chi connectivity index (χ1) is 6.72. The number of hydrogen-bond donors (Lipinski definition) is 0. The van der Waals surface area contributed by atoms with Crippen LogP contribution in [0.4, 0.5) is 0 Å². The van der Waals surface area contributed by atoms with Crippen LogP contribution in [0.3, 0.4) is 0 Å². The Morgan fingerprint density at radius 2 is 2.29 bits per heavy atom. The van der Waals surface area contributed by atoms with Gasteiger partial charge in [0.1, 0.15) is 0 Å². The van der Waals surface area contributed by atoms with Crippen molar-refractivity contribution in [3.63, 3.8) is 0 Å². The molecule has 14 heavy (non-hydrogen) atoms. The molecule has 0 aromatic heterocycles. The minimum atomic E-state index is -0.0875. The monoisotopic (exact) mass is 210 g/mol. The molecular formula is C10H11ClN2O. The molecule has 1 atom stereocenters. The summed E-state index contributed by atoms with van der Waals surface area (Å²) in [5, 5.41) is 8.78. The van der Waals surface area contributed by atoms with Crippen molar-refractivity contribution in [3.8, 4) is 6.07 Å². The number of carbonyl (C=O) groups excluding carboxylic acids is 1. The average molecular weight is 211 g/mol. The van der Waals surface area contributed by atoms with Gasteiger partial charge < -0.3 is 4.90 Å². The number of rotatable bonds is 1. The zero-order chi connectivity index (χ0) is 10.1. The van der Waals surface area contributed by atoms with E-state index in [1.807, 2.05) is 0 Å². The molecule has 0 saturated carbocycles. The highest BCUT2D eigenvalue weighted by molar-refractivity contribution is 6.22. The molecule has 1 amide bonds. The molecule has 0 bridgehead atoms. The van der Waals surface area contributed by atoms with Gasteiger partial charge in [-0.15, -0.1) is 11.6 Å². The van der Waals surface area contributed by atoms with Crippen LogP contribution in [0.1, 0.15) is 25.7 Å². The number of allylic oxidation sites excluding steroid dienone is 2. The van der Waals surface area contributed by atoms with Crippen molar-refractivity contribution >= 4 is 17.5 Å². The van der Waals surface area contributed by atoms with Crippen LogP contribution in [0.15, 0.2) is 11.3 Å². The van der Waals surface area contributed by atoms with E-state index in [1.165, 1.54) is 0 Å². The Bertz CT molecular complexity index is 343. The summed E-state index contributed by atoms with van der Waals surface area (Å²) in [6, 6.07) is 2.17. The molecular weight excluding hydrogens is 200 g/mol. The first kappa shape index (κ1) is 9.54. The van der Waals surface area contributed by atoms with E-state index in [2.05, 4.69) is 6.07 Å². The van der Waals surface area contributed by atoms with Crippen LogP contribution in [0.2, 0.25) is 0 Å². The normalized spacial score (nSPS) is 27.3. The van der Waals surface area contributed by atoms with Crippen LogP contribution in [-0.4, -0.2) is 22.7 Å². The first-order valence-electron chi connectivity index (χ1n) is 4.79. The second kappa shape index (κ2) is 3.62. The molecule has 0 aromatic carbocycles. The third-order valence-electron chi connectivity index (χ3n) is 2.73. The minimum Gasteiger partial charge on any atom is -0.314 e. The molecule has 2 aliphatic rings. The maximum Gasteiger partial charge on any atom is 0.228 e. The zero-order valence-corrected chi connectivity index (χ0v) is 8.55. The summed E-state index contributed by atoms with van der Waals surface area (Å²) in [6.07, 6.45) is 3.04. The summed E-state index contributed by atoms with van der Waals surface area (Å²) in [5.74, 6) is 0.0645. The van der Waals surface area contributed by atoms with E-state index in [0.29, 0.717) is 13.0 Å². The molecule has 4 heteroatoms. The summed E-state index contributed by atoms with van der Waals surface area (Å²) in [6.45, 7) is 0.570. The Labute approximate surface area is 87.9 Å². The quantitative estimate of drug-likeness (QED) is 0.620. The van der Waals surface area contributed by atoms with Crippen LogP contribution in [0, 0.1) is 11.3 Å². The highest BCUT2D eigenvalue weighted by atomic mass is 35.5. The number of halogens is 1. The van der Waals surface area contributed by atoms with Gasteiger partial charge in [-0.3, -0.25) is 4.79 Å². The van der Waals surface area contributed by atoms with Crippen molar-refractivity contribution in [2.45, 2.75) is 31.1 Å². The molecule has 1 unspecified atom stereocenters. The molecule has 1 heterocycles. The zero-order valence-electron chi connectivity index (χ0n) is 7.79. The predicted molar refractivity (Wildman–Crippen MR) is 52.5 cm³/mol. The van der Waals surface area contributed by atoms with Crippen molar-refractivity contribution < 1.29 is 4.79 Å². The SMILES string of the molecule is N#CC1=C(N2CC(Cl)CC2=O)CCC1. The van der Waals surface area contributed by atoms with Crippen LogP contribution >= 0.6 is 11.6 Å². The maximum absolute atomic E-state index is 11.5. The van der Waals surface area contributed by atoms with Gasteiger partial charge >= 0.3 is 0 Å². The molecule has 74 valence electrons. The Morgan fingerprint density at radius 1 is 1.50 bits per heavy atom. The van der Waals surface area contributed by atoms with Gasteiger partial charge in [0, 0.05) is 24.2 Å². The standard InChI is InChI=1S/C10H11ClN2O/c11-8-4-10(14)13(6-8)9-3-1-2-7(9)5-12/h8H,1-4,6H2. The van der Waals surface area contributed by atoms with E-state index in [9.17, 15) is 4.79 Å². The fourth-order valence-corrected chi connectivity index (χ4v) is 2.34. The minimum absolute atomic E-state index is 0.0645. The van der Waals surface area contributed by atoms with Gasteiger partial charge in [0.25, 0.3) is 0 Å². The van der Waals surface area contributed by atoms with Crippen LogP contribution in [-0.2, 0) is 4.79 Å². The number of alkyl halides is 1. The van der Waals surface area contributed by atoms with Crippen molar-refractivity contribution in [1.82, 2.24) is 4.90 Å². The Balaban J connectivity index is 2.24. The lowest BCUT2D eigenvalue weighted by atomic mass is 10.2. The number of carbonyl (C=O) groups is 1. The summed E-state index contributed by atoms with van der Waals surface area (Å²) >= 11 is 5.90. The summed E-state index contributed by atoms with van der Waals surface area (Å²) < 4.78 is 0. The van der Waals surface area contributed by atoms with E-state index in [1.54, 1.807) is 4.90 Å². The number of amides is 1. The van der Waals surface area contributed by atoms with Crippen molar-refractivity contribution in [1.29, 1.82) is 5.26 Å². The maximum atomic E-state index is 11.5. The molecule has 1 saturated heterocycles. The molecule has 0 radical (unpaired) electrons. The van der Waals surface area contributed by atoms with E-state index in [4.69, 9.17) is 16.9 Å². The number of likely N-dealkylation sites (tertiary alicyclic amines) is 1. The van der Waals surface area contributed by atoms with Crippen LogP contribution < -0.4 is 0 Å². The first-order valence-corrected chi connectivity index (χ1v) is 5.22. The second-order valence-corrected chi connectivity index (χ2v) is 4.31. The van der Waals surface area contributed by atoms with Crippen molar-refractivity contribution in [3.05, 3.63) is 11.3 Å². The Hall–Kier alpha value is -1.01. The molecule has 1 fully saturated rings. The van der Waals surface area contributed by atoms with Gasteiger partial charge in [-0.05, 0) is 19.3 Å². The number of nitrogens with zero attached hydrogens (tertiary/aromatic N) is 2. The van der Waals surface area contributed by atoms with Gasteiger partial charge in [0.05, 0.1) is 11.4 Å². The van der Waals surface area contributed by atoms with Crippen molar-refractivity contribution in [2.24, 2.45) is 0 Å². The molecule has 2 rings (SSSR count). The fourth-order valence-electron chi connectivity index (χ4n) is 2.07. The summed E-state index contributed by atoms with van der Waals surface area (Å²) in [7, 11) is 0. The van der Waals surface area contributed by atoms with Crippen LogP contribution in [0.5, 0.6) is 0 Å². The second-order valence-electron chi connectivity index (χ2n) is 3.70. The molecule has 1 aliphatic carbocycles. The van der Waals surface area contributed by atoms with E-state index >= 15 is 0 Å². The third kappa shape index (κ3) is 1.51. The largest absolute Gasteiger partial charge is 0.314 e. The van der Waals surface area contributed by atoms with Crippen molar-refractivity contribution in [2.75, 3.05) is 6.54 Å². The van der Waals surface area contributed by atoms with Gasteiger partial charge in [-0.25, -0.2) is 0 Å². The van der Waals surface area contributed by atoms with E-state index in [-0.39, 0.29) is 11.3 Å². The molecule has 0 spiro atoms. The Kier molecular flexibility index (Phi) is 2.47. The van der Waals surface area contributed by atoms with Gasteiger partial charge in [0.15, 0.2) is 0 Å². The lowest BCUT2D eigenvalue weighted by Gasteiger charge is -2.17. The summed E-state index contributed by atoms with van der Waals surface area (Å²) in [4.78, 5) is 13.2. The van der Waals surface area contributed by atoms with Gasteiger partial charge in [-0.1, -0.05) is 0 Å². The van der Waals surface area contributed by atoms with Crippen LogP contribution in [0.25, 0.3) is 0 Å². The third-order valence-corrected chi connectivity index (χ3v) is 3.02. The summed E-state index contributed by atoms with van der Waals surface area (Å²) in [5.41, 5.74) is 1.68. The molecule has 0 aromatic rings. The topological polar surface area (TPSA) is 44.1 Å². The van der Waals surface area contributed by atoms with E-state index in [0.717, 1.165) is 30.5 Å². The lowest BCUT2D eigenvalue weighted by Crippen LogP contribution is -2.24. The molecule has 1 aliphatic heterocycles. The van der Waals surface area contributed by atoms with Gasteiger partial charge in [-0.2, -0.15) is 5.26 Å². The molecule has 3 nitrogen and oxygen atoms in total. The van der Waals surface area contributed by atoms with E-state index < -0.39 is 0 Å². The molecule has 0 N–H and O–H groups in total. The number of hydrogen-bond acceptors (Lipinski definition) is 2. The average Bonchev–Trinajstić information content (AvgIpc) is 2.71. The predicted octanol–water partition coefficient (Wildman–Crippen LogP) is 1.79. The smallest absolute Gasteiger partial charge is 0.228 e.